The number of morpholine rings is 1. The van der Waals surface area contributed by atoms with Crippen molar-refractivity contribution >= 4 is 17.7 Å². The van der Waals surface area contributed by atoms with Crippen molar-refractivity contribution in [1.82, 2.24) is 19.8 Å². The molecule has 1 N–H and O–H groups in total. The zero-order chi connectivity index (χ0) is 17.4. The van der Waals surface area contributed by atoms with Crippen LogP contribution >= 0.6 is 11.8 Å². The Morgan fingerprint density at radius 1 is 1.28 bits per heavy atom. The SMILES string of the molecule is Cc1nnc2n1N[C@@H](c1ccc(F)cc1)[C@@H](C(=O)N1CCOCC1)S2. The number of thioether (sulfide) groups is 1. The maximum absolute atomic E-state index is 13.3. The third kappa shape index (κ3) is 3.09. The highest BCUT2D eigenvalue weighted by Gasteiger charge is 2.39. The van der Waals surface area contributed by atoms with Crippen LogP contribution in [0.3, 0.4) is 0 Å². The standard InChI is InChI=1S/C16H18FN5O2S/c1-10-18-19-16-22(10)20-13(11-2-4-12(17)5-3-11)14(25-16)15(23)21-6-8-24-9-7-21/h2-5,13-14,20H,6-9H2,1H3/t13-,14-/m0/s1. The van der Waals surface area contributed by atoms with Crippen LogP contribution in [0.2, 0.25) is 0 Å². The first kappa shape index (κ1) is 16.3. The van der Waals surface area contributed by atoms with E-state index in [1.807, 2.05) is 11.8 Å². The second-order valence-corrected chi connectivity index (χ2v) is 7.11. The molecule has 9 heteroatoms. The van der Waals surface area contributed by atoms with Gasteiger partial charge in [0.05, 0.1) is 19.3 Å². The molecule has 0 aliphatic carbocycles. The van der Waals surface area contributed by atoms with Crippen LogP contribution in [0.1, 0.15) is 17.4 Å². The molecule has 0 unspecified atom stereocenters. The maximum atomic E-state index is 13.3. The summed E-state index contributed by atoms with van der Waals surface area (Å²) in [6.07, 6.45) is 0. The molecule has 2 aliphatic heterocycles. The number of carbonyl (C=O) groups is 1. The van der Waals surface area contributed by atoms with Gasteiger partial charge in [-0.1, -0.05) is 23.9 Å². The molecule has 2 atom stereocenters. The summed E-state index contributed by atoms with van der Waals surface area (Å²) in [5, 5.41) is 8.46. The molecule has 4 rings (SSSR count). The van der Waals surface area contributed by atoms with Crippen LogP contribution in [0.5, 0.6) is 0 Å². The van der Waals surface area contributed by atoms with Gasteiger partial charge in [-0.15, -0.1) is 10.2 Å². The minimum absolute atomic E-state index is 0.0297. The molecule has 7 nitrogen and oxygen atoms in total. The van der Waals surface area contributed by atoms with Crippen molar-refractivity contribution in [1.29, 1.82) is 0 Å². The van der Waals surface area contributed by atoms with Crippen LogP contribution in [0.25, 0.3) is 0 Å². The molecule has 2 aromatic rings. The number of fused-ring (bicyclic) bond motifs is 1. The highest BCUT2D eigenvalue weighted by atomic mass is 32.2. The predicted molar refractivity (Wildman–Crippen MR) is 90.3 cm³/mol. The van der Waals surface area contributed by atoms with Crippen molar-refractivity contribution in [2.45, 2.75) is 23.4 Å². The molecular weight excluding hydrogens is 345 g/mol. The number of amides is 1. The highest BCUT2D eigenvalue weighted by molar-refractivity contribution is 8.00. The molecule has 132 valence electrons. The molecule has 0 radical (unpaired) electrons. The summed E-state index contributed by atoms with van der Waals surface area (Å²) < 4.78 is 20.4. The van der Waals surface area contributed by atoms with Crippen LogP contribution < -0.4 is 5.43 Å². The number of halogens is 1. The molecule has 0 spiro atoms. The smallest absolute Gasteiger partial charge is 0.238 e. The molecule has 0 bridgehead atoms. The second kappa shape index (κ2) is 6.64. The van der Waals surface area contributed by atoms with Gasteiger partial charge in [0, 0.05) is 13.1 Å². The van der Waals surface area contributed by atoms with Crippen LogP contribution in [-0.4, -0.2) is 57.2 Å². The Labute approximate surface area is 148 Å². The predicted octanol–water partition coefficient (Wildman–Crippen LogP) is 1.34. The van der Waals surface area contributed by atoms with E-state index >= 15 is 0 Å². The molecule has 1 saturated heterocycles. The van der Waals surface area contributed by atoms with Gasteiger partial charge in [-0.05, 0) is 24.6 Å². The lowest BCUT2D eigenvalue weighted by Gasteiger charge is -2.36. The van der Waals surface area contributed by atoms with E-state index in [1.165, 1.54) is 23.9 Å². The minimum atomic E-state index is -0.403. The van der Waals surface area contributed by atoms with Crippen molar-refractivity contribution in [2.75, 3.05) is 31.7 Å². The summed E-state index contributed by atoms with van der Waals surface area (Å²) in [4.78, 5) is 14.9. The molecule has 1 aromatic carbocycles. The summed E-state index contributed by atoms with van der Waals surface area (Å²) >= 11 is 1.39. The summed E-state index contributed by atoms with van der Waals surface area (Å²) in [6, 6.07) is 5.93. The van der Waals surface area contributed by atoms with Crippen LogP contribution in [0.15, 0.2) is 29.4 Å². The Balaban J connectivity index is 1.68. The van der Waals surface area contributed by atoms with Gasteiger partial charge in [-0.3, -0.25) is 4.79 Å². The summed E-state index contributed by atoms with van der Waals surface area (Å²) in [7, 11) is 0. The molecule has 1 aromatic heterocycles. The third-order valence-electron chi connectivity index (χ3n) is 4.39. The molecule has 3 heterocycles. The lowest BCUT2D eigenvalue weighted by Crippen LogP contribution is -2.49. The summed E-state index contributed by atoms with van der Waals surface area (Å²) in [5.74, 6) is 0.443. The molecule has 1 fully saturated rings. The van der Waals surface area contributed by atoms with E-state index in [4.69, 9.17) is 4.74 Å². The van der Waals surface area contributed by atoms with E-state index in [0.29, 0.717) is 37.3 Å². The van der Waals surface area contributed by atoms with Crippen molar-refractivity contribution in [3.63, 3.8) is 0 Å². The minimum Gasteiger partial charge on any atom is -0.378 e. The molecule has 1 amide bonds. The topological polar surface area (TPSA) is 72.3 Å². The first-order chi connectivity index (χ1) is 12.1. The number of benzene rings is 1. The van der Waals surface area contributed by atoms with Gasteiger partial charge in [0.25, 0.3) is 0 Å². The Hall–Kier alpha value is -2.13. The Bertz CT molecular complexity index is 775. The first-order valence-electron chi connectivity index (χ1n) is 8.11. The number of hydrogen-bond acceptors (Lipinski definition) is 6. The number of carbonyl (C=O) groups excluding carboxylic acids is 1. The molecule has 0 saturated carbocycles. The van der Waals surface area contributed by atoms with Gasteiger partial charge in [-0.2, -0.15) is 0 Å². The number of nitrogens with one attached hydrogen (secondary N) is 1. The van der Waals surface area contributed by atoms with Gasteiger partial charge in [0.1, 0.15) is 16.9 Å². The number of rotatable bonds is 2. The Kier molecular flexibility index (Phi) is 4.34. The number of ether oxygens (including phenoxy) is 1. The van der Waals surface area contributed by atoms with Crippen LogP contribution in [-0.2, 0) is 9.53 Å². The highest BCUT2D eigenvalue weighted by Crippen LogP contribution is 2.37. The van der Waals surface area contributed by atoms with Crippen LogP contribution in [0.4, 0.5) is 4.39 Å². The molecule has 2 aliphatic rings. The van der Waals surface area contributed by atoms with Gasteiger partial charge < -0.3 is 15.1 Å². The van der Waals surface area contributed by atoms with Crippen molar-refractivity contribution in [2.24, 2.45) is 0 Å². The molecule has 25 heavy (non-hydrogen) atoms. The second-order valence-electron chi connectivity index (χ2n) is 6.00. The normalized spacial score (nSPS) is 23.0. The van der Waals surface area contributed by atoms with Gasteiger partial charge >= 0.3 is 0 Å². The monoisotopic (exact) mass is 363 g/mol. The van der Waals surface area contributed by atoms with Crippen molar-refractivity contribution < 1.29 is 13.9 Å². The van der Waals surface area contributed by atoms with E-state index in [1.54, 1.807) is 16.8 Å². The fourth-order valence-electron chi connectivity index (χ4n) is 3.03. The largest absolute Gasteiger partial charge is 0.378 e. The quantitative estimate of drug-likeness (QED) is 0.868. The van der Waals surface area contributed by atoms with Crippen molar-refractivity contribution in [3.8, 4) is 0 Å². The third-order valence-corrected chi connectivity index (χ3v) is 5.60. The number of nitrogens with zero attached hydrogens (tertiary/aromatic N) is 4. The zero-order valence-corrected chi connectivity index (χ0v) is 14.5. The lowest BCUT2D eigenvalue weighted by atomic mass is 10.0. The Morgan fingerprint density at radius 3 is 2.72 bits per heavy atom. The average molecular weight is 363 g/mol. The van der Waals surface area contributed by atoms with Crippen LogP contribution in [0, 0.1) is 12.7 Å². The van der Waals surface area contributed by atoms with E-state index in [0.717, 1.165) is 5.56 Å². The fraction of sp³-hybridized carbons (Fsp3) is 0.438. The Morgan fingerprint density at radius 2 is 2.00 bits per heavy atom. The van der Waals surface area contributed by atoms with Crippen molar-refractivity contribution in [3.05, 3.63) is 41.5 Å². The van der Waals surface area contributed by atoms with E-state index in [9.17, 15) is 9.18 Å². The maximum Gasteiger partial charge on any atom is 0.238 e. The number of aromatic nitrogens is 3. The van der Waals surface area contributed by atoms with E-state index in [2.05, 4.69) is 15.6 Å². The summed E-state index contributed by atoms with van der Waals surface area (Å²) in [6.45, 7) is 4.10. The van der Waals surface area contributed by atoms with E-state index < -0.39 is 5.25 Å². The van der Waals surface area contributed by atoms with Gasteiger partial charge in [0.2, 0.25) is 11.1 Å². The first-order valence-corrected chi connectivity index (χ1v) is 8.98. The number of hydrogen-bond donors (Lipinski definition) is 1. The van der Waals surface area contributed by atoms with Gasteiger partial charge in [0.15, 0.2) is 0 Å². The zero-order valence-electron chi connectivity index (χ0n) is 13.7. The van der Waals surface area contributed by atoms with Gasteiger partial charge in [-0.25, -0.2) is 9.07 Å². The molecular formula is C16H18FN5O2S. The lowest BCUT2D eigenvalue weighted by molar-refractivity contribution is -0.135. The summed E-state index contributed by atoms with van der Waals surface area (Å²) in [5.41, 5.74) is 4.17. The average Bonchev–Trinajstić information content (AvgIpc) is 3.02. The van der Waals surface area contributed by atoms with E-state index in [-0.39, 0.29) is 17.8 Å². The fourth-order valence-corrected chi connectivity index (χ4v) is 4.24. The number of aryl methyl sites for hydroxylation is 1.